The SMILES string of the molecule is CC1=CC(=O)CCC1(C)C. The van der Waals surface area contributed by atoms with Crippen LogP contribution in [-0.4, -0.2) is 5.78 Å². The molecule has 0 fully saturated rings. The molecule has 1 nitrogen and oxygen atoms in total. The van der Waals surface area contributed by atoms with Gasteiger partial charge in [0.05, 0.1) is 0 Å². The van der Waals surface area contributed by atoms with Gasteiger partial charge in [-0.1, -0.05) is 19.4 Å². The highest BCUT2D eigenvalue weighted by Gasteiger charge is 2.25. The predicted octanol–water partition coefficient (Wildman–Crippen LogP) is 2.32. The molecule has 0 aliphatic heterocycles. The molecule has 0 spiro atoms. The van der Waals surface area contributed by atoms with E-state index in [2.05, 4.69) is 13.8 Å². The Hall–Kier alpha value is -0.590. The zero-order valence-electron chi connectivity index (χ0n) is 6.90. The van der Waals surface area contributed by atoms with E-state index in [0.29, 0.717) is 0 Å². The van der Waals surface area contributed by atoms with Gasteiger partial charge in [-0.15, -0.1) is 0 Å². The summed E-state index contributed by atoms with van der Waals surface area (Å²) in [5.41, 5.74) is 1.48. The highest BCUT2D eigenvalue weighted by Crippen LogP contribution is 2.34. The molecule has 0 saturated carbocycles. The monoisotopic (exact) mass is 138 g/mol. The van der Waals surface area contributed by atoms with Gasteiger partial charge in [0, 0.05) is 6.42 Å². The van der Waals surface area contributed by atoms with Gasteiger partial charge in [0.15, 0.2) is 5.78 Å². The van der Waals surface area contributed by atoms with Gasteiger partial charge >= 0.3 is 0 Å². The van der Waals surface area contributed by atoms with Crippen LogP contribution < -0.4 is 0 Å². The van der Waals surface area contributed by atoms with Crippen LogP contribution in [0.1, 0.15) is 33.6 Å². The first-order chi connectivity index (χ1) is 4.52. The van der Waals surface area contributed by atoms with E-state index in [1.807, 2.05) is 6.92 Å². The fourth-order valence-corrected chi connectivity index (χ4v) is 1.14. The van der Waals surface area contributed by atoms with Crippen LogP contribution in [0.2, 0.25) is 0 Å². The van der Waals surface area contributed by atoms with Crippen LogP contribution in [0.25, 0.3) is 0 Å². The molecule has 1 rings (SSSR count). The Kier molecular flexibility index (Phi) is 1.67. The van der Waals surface area contributed by atoms with Crippen molar-refractivity contribution in [3.8, 4) is 0 Å². The van der Waals surface area contributed by atoms with Crippen molar-refractivity contribution in [1.82, 2.24) is 0 Å². The summed E-state index contributed by atoms with van der Waals surface area (Å²) in [6, 6.07) is 0. The van der Waals surface area contributed by atoms with E-state index < -0.39 is 0 Å². The highest BCUT2D eigenvalue weighted by molar-refractivity contribution is 5.91. The molecule has 0 saturated heterocycles. The molecule has 0 aromatic carbocycles. The molecule has 0 amide bonds. The third-order valence-corrected chi connectivity index (χ3v) is 2.44. The fourth-order valence-electron chi connectivity index (χ4n) is 1.14. The van der Waals surface area contributed by atoms with E-state index in [0.717, 1.165) is 12.8 Å². The molecule has 0 bridgehead atoms. The third-order valence-electron chi connectivity index (χ3n) is 2.44. The van der Waals surface area contributed by atoms with Crippen LogP contribution in [-0.2, 0) is 4.79 Å². The topological polar surface area (TPSA) is 17.1 Å². The molecule has 0 heterocycles. The van der Waals surface area contributed by atoms with Crippen molar-refractivity contribution in [3.63, 3.8) is 0 Å². The van der Waals surface area contributed by atoms with Crippen molar-refractivity contribution < 1.29 is 4.79 Å². The Morgan fingerprint density at radius 1 is 1.50 bits per heavy atom. The van der Waals surface area contributed by atoms with Crippen LogP contribution in [0.15, 0.2) is 11.6 Å². The standard InChI is InChI=1S/C9H14O/c1-7-6-8(10)4-5-9(7,2)3/h6H,4-5H2,1-3H3. The minimum atomic E-state index is 0.258. The maximum absolute atomic E-state index is 10.9. The zero-order valence-corrected chi connectivity index (χ0v) is 6.90. The maximum Gasteiger partial charge on any atom is 0.155 e. The number of rotatable bonds is 0. The zero-order chi connectivity index (χ0) is 7.78. The van der Waals surface area contributed by atoms with E-state index in [9.17, 15) is 4.79 Å². The smallest absolute Gasteiger partial charge is 0.155 e. The molecular weight excluding hydrogens is 124 g/mol. The van der Waals surface area contributed by atoms with Crippen LogP contribution >= 0.6 is 0 Å². The Morgan fingerprint density at radius 2 is 2.10 bits per heavy atom. The first kappa shape index (κ1) is 7.52. The van der Waals surface area contributed by atoms with Gasteiger partial charge in [0.25, 0.3) is 0 Å². The minimum absolute atomic E-state index is 0.258. The maximum atomic E-state index is 10.9. The van der Waals surface area contributed by atoms with E-state index in [4.69, 9.17) is 0 Å². The van der Waals surface area contributed by atoms with Crippen molar-refractivity contribution in [3.05, 3.63) is 11.6 Å². The number of allylic oxidation sites excluding steroid dienone is 2. The normalized spacial score (nSPS) is 24.3. The molecule has 0 atom stereocenters. The Balaban J connectivity index is 2.88. The second kappa shape index (κ2) is 2.22. The molecular formula is C9H14O. The molecule has 0 aromatic rings. The van der Waals surface area contributed by atoms with Gasteiger partial charge in [-0.25, -0.2) is 0 Å². The van der Waals surface area contributed by atoms with Gasteiger partial charge < -0.3 is 0 Å². The van der Waals surface area contributed by atoms with Crippen molar-refractivity contribution in [2.24, 2.45) is 5.41 Å². The minimum Gasteiger partial charge on any atom is -0.295 e. The molecule has 10 heavy (non-hydrogen) atoms. The quantitative estimate of drug-likeness (QED) is 0.502. The van der Waals surface area contributed by atoms with Gasteiger partial charge in [-0.05, 0) is 24.8 Å². The summed E-state index contributed by atoms with van der Waals surface area (Å²) in [6.45, 7) is 6.41. The van der Waals surface area contributed by atoms with Crippen LogP contribution in [0.4, 0.5) is 0 Å². The van der Waals surface area contributed by atoms with Crippen molar-refractivity contribution in [2.75, 3.05) is 0 Å². The summed E-state index contributed by atoms with van der Waals surface area (Å²) in [7, 11) is 0. The summed E-state index contributed by atoms with van der Waals surface area (Å²) in [5, 5.41) is 0. The van der Waals surface area contributed by atoms with Gasteiger partial charge in [-0.2, -0.15) is 0 Å². The van der Waals surface area contributed by atoms with Crippen LogP contribution in [0.3, 0.4) is 0 Å². The van der Waals surface area contributed by atoms with E-state index in [-0.39, 0.29) is 11.2 Å². The number of carbonyl (C=O) groups is 1. The average Bonchev–Trinajstić information content (AvgIpc) is 1.81. The molecule has 1 aliphatic rings. The Labute approximate surface area is 62.1 Å². The molecule has 56 valence electrons. The molecule has 1 heteroatoms. The number of ketones is 1. The molecule has 1 aliphatic carbocycles. The molecule has 0 unspecified atom stereocenters. The largest absolute Gasteiger partial charge is 0.295 e. The lowest BCUT2D eigenvalue weighted by Crippen LogP contribution is -2.20. The predicted molar refractivity (Wildman–Crippen MR) is 41.8 cm³/mol. The van der Waals surface area contributed by atoms with E-state index in [1.165, 1.54) is 5.57 Å². The van der Waals surface area contributed by atoms with E-state index >= 15 is 0 Å². The lowest BCUT2D eigenvalue weighted by molar-refractivity contribution is -0.115. The van der Waals surface area contributed by atoms with Crippen molar-refractivity contribution in [1.29, 1.82) is 0 Å². The number of hydrogen-bond donors (Lipinski definition) is 0. The first-order valence-electron chi connectivity index (χ1n) is 3.74. The van der Waals surface area contributed by atoms with Gasteiger partial charge in [0.2, 0.25) is 0 Å². The van der Waals surface area contributed by atoms with Crippen molar-refractivity contribution >= 4 is 5.78 Å². The van der Waals surface area contributed by atoms with Crippen molar-refractivity contribution in [2.45, 2.75) is 33.6 Å². The molecule has 0 radical (unpaired) electrons. The molecule has 0 aromatic heterocycles. The number of carbonyl (C=O) groups excluding carboxylic acids is 1. The lowest BCUT2D eigenvalue weighted by Gasteiger charge is -2.28. The second-order valence-corrected chi connectivity index (χ2v) is 3.68. The third kappa shape index (κ3) is 1.28. The lowest BCUT2D eigenvalue weighted by atomic mass is 9.76. The van der Waals surface area contributed by atoms with E-state index in [1.54, 1.807) is 6.08 Å². The summed E-state index contributed by atoms with van der Waals surface area (Å²) in [4.78, 5) is 10.9. The molecule has 0 N–H and O–H groups in total. The van der Waals surface area contributed by atoms with Gasteiger partial charge in [-0.3, -0.25) is 4.79 Å². The van der Waals surface area contributed by atoms with Gasteiger partial charge in [0.1, 0.15) is 0 Å². The Morgan fingerprint density at radius 3 is 2.50 bits per heavy atom. The summed E-state index contributed by atoms with van der Waals surface area (Å²) < 4.78 is 0. The highest BCUT2D eigenvalue weighted by atomic mass is 16.1. The summed E-state index contributed by atoms with van der Waals surface area (Å²) in [5.74, 6) is 0.289. The average molecular weight is 138 g/mol. The first-order valence-corrected chi connectivity index (χ1v) is 3.74. The number of hydrogen-bond acceptors (Lipinski definition) is 1. The second-order valence-electron chi connectivity index (χ2n) is 3.68. The van der Waals surface area contributed by atoms with Crippen LogP contribution in [0, 0.1) is 5.41 Å². The van der Waals surface area contributed by atoms with Crippen LogP contribution in [0.5, 0.6) is 0 Å². The summed E-state index contributed by atoms with van der Waals surface area (Å²) >= 11 is 0. The summed E-state index contributed by atoms with van der Waals surface area (Å²) in [6.07, 6.45) is 3.52. The Bertz CT molecular complexity index is 187. The fraction of sp³-hybridized carbons (Fsp3) is 0.667.